The third kappa shape index (κ3) is 5.74. The Bertz CT molecular complexity index is 2060. The molecule has 4 aliphatic heterocycles. The predicted octanol–water partition coefficient (Wildman–Crippen LogP) is 6.32. The van der Waals surface area contributed by atoms with Gasteiger partial charge in [0, 0.05) is 41.8 Å². The number of alkyl halides is 3. The topological polar surface area (TPSA) is 111 Å². The summed E-state index contributed by atoms with van der Waals surface area (Å²) in [6.07, 6.45) is -1.23. The standard InChI is InChI=1S/C39H38F3N3O7/c1-19-12-24-14-27-29(16-43)45-28(34(44(27)5)32(24)20(2)35(19)48-6)15-26-33(38-37(50-18-51-38)21(3)36(26)52-22(4)46)30(45)17-49-31(47)11-10-23-8-7-9-25(13-23)39(40,41)42/h7-13,27-30,34H,14-15,17-18H2,1-6H3/b11-10+/t27-,28?,29-,30-,34-/m0/s1. The number of hydrogen-bond donors (Lipinski definition) is 0. The van der Waals surface area contributed by atoms with Crippen molar-refractivity contribution in [2.24, 2.45) is 0 Å². The van der Waals surface area contributed by atoms with Gasteiger partial charge in [0.25, 0.3) is 0 Å². The molecule has 1 saturated heterocycles. The van der Waals surface area contributed by atoms with E-state index in [1.165, 1.54) is 25.1 Å². The van der Waals surface area contributed by atoms with Gasteiger partial charge < -0.3 is 23.7 Å². The Kier molecular flexibility index (Phi) is 8.95. The van der Waals surface area contributed by atoms with Gasteiger partial charge in [-0.05, 0) is 86.7 Å². The number of piperazine rings is 1. The van der Waals surface area contributed by atoms with E-state index in [0.29, 0.717) is 46.8 Å². The number of ether oxygens (including phenoxy) is 5. The van der Waals surface area contributed by atoms with Crippen LogP contribution in [-0.2, 0) is 33.3 Å². The van der Waals surface area contributed by atoms with Crippen molar-refractivity contribution in [1.29, 1.82) is 5.26 Å². The third-order valence-electron chi connectivity index (χ3n) is 10.8. The normalized spacial score (nSPS) is 23.3. The van der Waals surface area contributed by atoms with Crippen molar-refractivity contribution in [3.05, 3.63) is 86.5 Å². The number of likely N-dealkylation sites (N-methyl/N-ethyl adjacent to an activating group) is 1. The monoisotopic (exact) mass is 717 g/mol. The Hall–Kier alpha value is -5.06. The first-order chi connectivity index (χ1) is 24.7. The fraction of sp³-hybridized carbons (Fsp3) is 0.410. The van der Waals surface area contributed by atoms with Gasteiger partial charge in [0.1, 0.15) is 24.1 Å². The van der Waals surface area contributed by atoms with Crippen LogP contribution in [0.15, 0.2) is 36.4 Å². The van der Waals surface area contributed by atoms with Crippen LogP contribution in [0.5, 0.6) is 23.0 Å². The molecule has 4 aliphatic rings. The van der Waals surface area contributed by atoms with E-state index in [9.17, 15) is 28.0 Å². The quantitative estimate of drug-likeness (QED) is 0.163. The van der Waals surface area contributed by atoms with Gasteiger partial charge in [0.15, 0.2) is 11.5 Å². The smallest absolute Gasteiger partial charge is 0.416 e. The molecule has 0 saturated carbocycles. The largest absolute Gasteiger partial charge is 0.496 e. The number of methoxy groups -OCH3 is 1. The second kappa shape index (κ2) is 13.2. The van der Waals surface area contributed by atoms with Gasteiger partial charge in [-0.15, -0.1) is 0 Å². The van der Waals surface area contributed by atoms with Gasteiger partial charge in [0.05, 0.1) is 30.8 Å². The Morgan fingerprint density at radius 3 is 2.48 bits per heavy atom. The van der Waals surface area contributed by atoms with Crippen molar-refractivity contribution in [3.8, 4) is 29.1 Å². The van der Waals surface area contributed by atoms with E-state index in [0.717, 1.165) is 46.2 Å². The lowest BCUT2D eigenvalue weighted by molar-refractivity contribution is -0.143. The maximum Gasteiger partial charge on any atom is 0.416 e. The number of nitrogens with zero attached hydrogens (tertiary/aromatic N) is 3. The summed E-state index contributed by atoms with van der Waals surface area (Å²) < 4.78 is 69.4. The number of fused-ring (bicyclic) bond motifs is 9. The Morgan fingerprint density at radius 1 is 1.04 bits per heavy atom. The highest BCUT2D eigenvalue weighted by Gasteiger charge is 2.56. The molecule has 0 radical (unpaired) electrons. The molecule has 2 bridgehead atoms. The van der Waals surface area contributed by atoms with E-state index in [1.807, 2.05) is 20.9 Å². The van der Waals surface area contributed by atoms with Gasteiger partial charge in [-0.3, -0.25) is 14.6 Å². The van der Waals surface area contributed by atoms with E-state index in [4.69, 9.17) is 23.7 Å². The Morgan fingerprint density at radius 2 is 1.79 bits per heavy atom. The summed E-state index contributed by atoms with van der Waals surface area (Å²) in [5, 5.41) is 10.9. The highest BCUT2D eigenvalue weighted by atomic mass is 19.4. The van der Waals surface area contributed by atoms with Gasteiger partial charge >= 0.3 is 18.1 Å². The van der Waals surface area contributed by atoms with Crippen molar-refractivity contribution in [2.75, 3.05) is 27.6 Å². The molecule has 1 fully saturated rings. The van der Waals surface area contributed by atoms with Crippen LogP contribution >= 0.6 is 0 Å². The van der Waals surface area contributed by atoms with E-state index in [1.54, 1.807) is 14.0 Å². The third-order valence-corrected chi connectivity index (χ3v) is 10.8. The van der Waals surface area contributed by atoms with Crippen LogP contribution < -0.4 is 18.9 Å². The highest BCUT2D eigenvalue weighted by molar-refractivity contribution is 5.87. The fourth-order valence-corrected chi connectivity index (χ4v) is 8.80. The Labute approximate surface area is 299 Å². The molecule has 52 heavy (non-hydrogen) atoms. The molecular weight excluding hydrogens is 679 g/mol. The Balaban J connectivity index is 1.35. The van der Waals surface area contributed by atoms with E-state index in [-0.39, 0.29) is 37.1 Å². The van der Waals surface area contributed by atoms with Crippen LogP contribution in [0.25, 0.3) is 6.08 Å². The summed E-state index contributed by atoms with van der Waals surface area (Å²) in [5.41, 5.74) is 5.45. The molecule has 5 atom stereocenters. The number of esters is 2. The molecule has 13 heteroatoms. The summed E-state index contributed by atoms with van der Waals surface area (Å²) >= 11 is 0. The second-order valence-corrected chi connectivity index (χ2v) is 13.7. The molecule has 0 amide bonds. The van der Waals surface area contributed by atoms with Crippen molar-refractivity contribution in [3.63, 3.8) is 0 Å². The van der Waals surface area contributed by atoms with Crippen LogP contribution in [0.3, 0.4) is 0 Å². The molecule has 3 aromatic rings. The molecule has 7 rings (SSSR count). The van der Waals surface area contributed by atoms with Gasteiger partial charge in [-0.1, -0.05) is 18.2 Å². The molecular formula is C39H38F3N3O7. The summed E-state index contributed by atoms with van der Waals surface area (Å²) in [6, 6.07) is 7.11. The fourth-order valence-electron chi connectivity index (χ4n) is 8.80. The number of nitriles is 1. The lowest BCUT2D eigenvalue weighted by Crippen LogP contribution is -2.68. The first-order valence-corrected chi connectivity index (χ1v) is 17.0. The predicted molar refractivity (Wildman–Crippen MR) is 182 cm³/mol. The van der Waals surface area contributed by atoms with Crippen molar-refractivity contribution in [2.45, 2.75) is 76.9 Å². The number of aryl methyl sites for hydroxylation is 1. The SMILES string of the molecule is COc1c(C)cc2c(c1C)[C@@H]1C3Cc4c(OC(C)=O)c(C)c5c(c4[C@H](COC(=O)/C=C/c4cccc(C(F)(F)F)c4)N3[C@@H](C#N)[C@H](C2)N1C)OCO5. The van der Waals surface area contributed by atoms with Crippen LogP contribution in [0.4, 0.5) is 13.2 Å². The molecule has 0 aliphatic carbocycles. The van der Waals surface area contributed by atoms with E-state index >= 15 is 0 Å². The lowest BCUT2D eigenvalue weighted by Gasteiger charge is -2.60. The maximum absolute atomic E-state index is 13.3. The van der Waals surface area contributed by atoms with Gasteiger partial charge in [-0.2, -0.15) is 18.4 Å². The highest BCUT2D eigenvalue weighted by Crippen LogP contribution is 2.57. The molecule has 272 valence electrons. The van der Waals surface area contributed by atoms with Crippen molar-refractivity contribution < 1.29 is 46.4 Å². The molecule has 0 N–H and O–H groups in total. The molecule has 0 spiro atoms. The van der Waals surface area contributed by atoms with Gasteiger partial charge in [0.2, 0.25) is 6.79 Å². The molecule has 4 heterocycles. The first-order valence-electron chi connectivity index (χ1n) is 17.0. The minimum absolute atomic E-state index is 0.0802. The molecule has 1 unspecified atom stereocenters. The van der Waals surface area contributed by atoms with Crippen LogP contribution in [0.1, 0.15) is 69.1 Å². The average molecular weight is 718 g/mol. The number of rotatable bonds is 6. The molecule has 10 nitrogen and oxygen atoms in total. The second-order valence-electron chi connectivity index (χ2n) is 13.7. The number of carbonyl (C=O) groups excluding carboxylic acids is 2. The molecule has 0 aromatic heterocycles. The summed E-state index contributed by atoms with van der Waals surface area (Å²) in [7, 11) is 3.67. The first kappa shape index (κ1) is 35.3. The minimum atomic E-state index is -4.54. The maximum atomic E-state index is 13.3. The zero-order valence-corrected chi connectivity index (χ0v) is 29.6. The molecule has 3 aromatic carbocycles. The van der Waals surface area contributed by atoms with E-state index < -0.39 is 35.8 Å². The van der Waals surface area contributed by atoms with Crippen LogP contribution in [0.2, 0.25) is 0 Å². The number of benzene rings is 3. The number of halogens is 3. The number of carbonyl (C=O) groups is 2. The minimum Gasteiger partial charge on any atom is -0.496 e. The number of hydrogen-bond acceptors (Lipinski definition) is 10. The average Bonchev–Trinajstić information content (AvgIpc) is 3.58. The summed E-state index contributed by atoms with van der Waals surface area (Å²) in [6.45, 7) is 6.84. The zero-order valence-electron chi connectivity index (χ0n) is 29.6. The van der Waals surface area contributed by atoms with Crippen molar-refractivity contribution in [1.82, 2.24) is 9.80 Å². The van der Waals surface area contributed by atoms with Crippen LogP contribution in [-0.4, -0.2) is 67.4 Å². The van der Waals surface area contributed by atoms with Crippen LogP contribution in [0, 0.1) is 32.1 Å². The summed E-state index contributed by atoms with van der Waals surface area (Å²) in [5.74, 6) is 0.638. The lowest BCUT2D eigenvalue weighted by atomic mass is 9.71. The summed E-state index contributed by atoms with van der Waals surface area (Å²) in [4.78, 5) is 30.1. The van der Waals surface area contributed by atoms with Crippen molar-refractivity contribution >= 4 is 18.0 Å². The van der Waals surface area contributed by atoms with E-state index in [2.05, 4.69) is 21.9 Å². The zero-order chi connectivity index (χ0) is 37.2. The van der Waals surface area contributed by atoms with Gasteiger partial charge in [-0.25, -0.2) is 4.79 Å².